The summed E-state index contributed by atoms with van der Waals surface area (Å²) in [6, 6.07) is 17.4. The standard InChI is InChI=1S/C28H26N4O2S/c33-25-6-2-1-5-22(25)24-15-23(20-4-3-12-29-16-20)31-32(24)28(34)27-10-9-26(35-27)19-8-7-18-11-13-30-17-21(18)14-19/h1-8,10,12,14,16,24,26,30,33H,9,11,13,15,17H2. The molecular weight excluding hydrogens is 456 g/mol. The number of amides is 1. The molecule has 0 saturated heterocycles. The normalized spacial score (nSPS) is 21.4. The van der Waals surface area contributed by atoms with E-state index >= 15 is 0 Å². The Morgan fingerprint density at radius 2 is 2.03 bits per heavy atom. The number of nitrogens with zero attached hydrogens (tertiary/aromatic N) is 3. The number of nitrogens with one attached hydrogen (secondary N) is 1. The predicted molar refractivity (Wildman–Crippen MR) is 138 cm³/mol. The van der Waals surface area contributed by atoms with E-state index in [9.17, 15) is 9.90 Å². The third kappa shape index (κ3) is 4.26. The second kappa shape index (κ2) is 9.32. The molecule has 6 nitrogen and oxygen atoms in total. The molecule has 4 heterocycles. The number of para-hydroxylation sites is 1. The molecule has 0 fully saturated rings. The van der Waals surface area contributed by atoms with Crippen molar-refractivity contribution in [2.45, 2.75) is 37.1 Å². The van der Waals surface area contributed by atoms with E-state index in [0.29, 0.717) is 16.9 Å². The molecule has 35 heavy (non-hydrogen) atoms. The first kappa shape index (κ1) is 22.1. The first-order chi connectivity index (χ1) is 17.2. The van der Waals surface area contributed by atoms with Gasteiger partial charge >= 0.3 is 0 Å². The third-order valence-corrected chi connectivity index (χ3v) is 8.24. The van der Waals surface area contributed by atoms with Crippen molar-refractivity contribution in [2.75, 3.05) is 6.54 Å². The minimum absolute atomic E-state index is 0.121. The predicted octanol–water partition coefficient (Wildman–Crippen LogP) is 4.87. The van der Waals surface area contributed by atoms with E-state index < -0.39 is 0 Å². The van der Waals surface area contributed by atoms with Crippen LogP contribution in [0.15, 0.2) is 83.1 Å². The van der Waals surface area contributed by atoms with E-state index in [1.165, 1.54) is 16.7 Å². The van der Waals surface area contributed by atoms with E-state index in [0.717, 1.165) is 37.2 Å². The van der Waals surface area contributed by atoms with Crippen LogP contribution in [0, 0.1) is 0 Å². The van der Waals surface area contributed by atoms with Gasteiger partial charge < -0.3 is 10.4 Å². The number of pyridine rings is 1. The van der Waals surface area contributed by atoms with Gasteiger partial charge in [-0.1, -0.05) is 48.5 Å². The van der Waals surface area contributed by atoms with Gasteiger partial charge in [-0.25, -0.2) is 5.01 Å². The number of thioether (sulfide) groups is 1. The van der Waals surface area contributed by atoms with Gasteiger partial charge in [-0.15, -0.1) is 11.8 Å². The molecule has 2 aromatic carbocycles. The highest BCUT2D eigenvalue weighted by molar-refractivity contribution is 8.04. The summed E-state index contributed by atoms with van der Waals surface area (Å²) in [5.41, 5.74) is 6.41. The van der Waals surface area contributed by atoms with Crippen LogP contribution >= 0.6 is 11.8 Å². The second-order valence-corrected chi connectivity index (χ2v) is 10.3. The molecule has 0 bridgehead atoms. The number of benzene rings is 2. The summed E-state index contributed by atoms with van der Waals surface area (Å²) in [6.07, 6.45) is 7.92. The molecule has 0 radical (unpaired) electrons. The van der Waals surface area contributed by atoms with E-state index in [2.05, 4.69) is 28.5 Å². The van der Waals surface area contributed by atoms with Crippen molar-refractivity contribution in [1.29, 1.82) is 0 Å². The highest BCUT2D eigenvalue weighted by atomic mass is 32.2. The smallest absolute Gasteiger partial charge is 0.280 e. The number of fused-ring (bicyclic) bond motifs is 1. The Kier molecular flexibility index (Phi) is 5.88. The Morgan fingerprint density at radius 1 is 1.11 bits per heavy atom. The van der Waals surface area contributed by atoms with Gasteiger partial charge in [-0.3, -0.25) is 9.78 Å². The molecule has 2 N–H and O–H groups in total. The van der Waals surface area contributed by atoms with Gasteiger partial charge in [0.2, 0.25) is 0 Å². The van der Waals surface area contributed by atoms with Gasteiger partial charge in [0.05, 0.1) is 16.7 Å². The molecule has 0 aliphatic carbocycles. The van der Waals surface area contributed by atoms with Gasteiger partial charge in [0.1, 0.15) is 5.75 Å². The number of carbonyl (C=O) groups excluding carboxylic acids is 1. The van der Waals surface area contributed by atoms with E-state index in [1.54, 1.807) is 41.3 Å². The van der Waals surface area contributed by atoms with Crippen molar-refractivity contribution in [2.24, 2.45) is 5.10 Å². The molecule has 3 aliphatic rings. The molecule has 0 spiro atoms. The van der Waals surface area contributed by atoms with Crippen molar-refractivity contribution in [3.63, 3.8) is 0 Å². The zero-order valence-electron chi connectivity index (χ0n) is 19.2. The molecule has 176 valence electrons. The van der Waals surface area contributed by atoms with Crippen LogP contribution in [0.1, 0.15) is 52.0 Å². The maximum Gasteiger partial charge on any atom is 0.280 e. The first-order valence-corrected chi connectivity index (χ1v) is 12.8. The number of phenols is 1. The highest BCUT2D eigenvalue weighted by Crippen LogP contribution is 2.47. The fourth-order valence-corrected chi connectivity index (χ4v) is 6.20. The fourth-order valence-electron chi connectivity index (χ4n) is 5.04. The van der Waals surface area contributed by atoms with E-state index in [1.807, 2.05) is 30.3 Å². The lowest BCUT2D eigenvalue weighted by Gasteiger charge is -2.23. The Morgan fingerprint density at radius 3 is 2.89 bits per heavy atom. The molecule has 7 heteroatoms. The monoisotopic (exact) mass is 482 g/mol. The number of carbonyl (C=O) groups is 1. The van der Waals surface area contributed by atoms with Crippen LogP contribution in [-0.2, 0) is 17.8 Å². The van der Waals surface area contributed by atoms with Crippen molar-refractivity contribution in [1.82, 2.24) is 15.3 Å². The number of aromatic hydroxyl groups is 1. The summed E-state index contributed by atoms with van der Waals surface area (Å²) in [5, 5.41) is 20.5. The van der Waals surface area contributed by atoms with E-state index in [-0.39, 0.29) is 22.9 Å². The van der Waals surface area contributed by atoms with Crippen LogP contribution in [0.4, 0.5) is 0 Å². The van der Waals surface area contributed by atoms with Crippen LogP contribution in [-0.4, -0.2) is 33.3 Å². The highest BCUT2D eigenvalue weighted by Gasteiger charge is 2.37. The van der Waals surface area contributed by atoms with Gasteiger partial charge in [-0.2, -0.15) is 5.10 Å². The number of allylic oxidation sites excluding steroid dienone is 1. The Hall–Kier alpha value is -3.42. The molecule has 1 aromatic heterocycles. The molecule has 3 aromatic rings. The largest absolute Gasteiger partial charge is 0.508 e. The SMILES string of the molecule is O=C(C1=CCC(c2ccc3c(c2)CNCC3)S1)N1N=C(c2cccnc2)CC1c1ccccc1O. The number of phenolic OH excluding ortho intramolecular Hbond substituents is 1. The van der Waals surface area contributed by atoms with Crippen LogP contribution in [0.2, 0.25) is 0 Å². The van der Waals surface area contributed by atoms with Gasteiger partial charge in [-0.05, 0) is 48.2 Å². The third-order valence-electron chi connectivity index (χ3n) is 6.89. The second-order valence-electron chi connectivity index (χ2n) is 9.08. The molecule has 6 rings (SSSR count). The van der Waals surface area contributed by atoms with Crippen LogP contribution < -0.4 is 5.32 Å². The zero-order valence-corrected chi connectivity index (χ0v) is 20.0. The van der Waals surface area contributed by atoms with Crippen molar-refractivity contribution in [3.05, 3.63) is 106 Å². The number of hydrogen-bond acceptors (Lipinski definition) is 6. The quantitative estimate of drug-likeness (QED) is 0.555. The average molecular weight is 483 g/mol. The Balaban J connectivity index is 1.26. The van der Waals surface area contributed by atoms with Crippen LogP contribution in [0.25, 0.3) is 0 Å². The molecule has 3 aliphatic heterocycles. The fraction of sp³-hybridized carbons (Fsp3) is 0.250. The summed E-state index contributed by atoms with van der Waals surface area (Å²) >= 11 is 1.61. The van der Waals surface area contributed by atoms with Gasteiger partial charge in [0.25, 0.3) is 5.91 Å². The average Bonchev–Trinajstić information content (AvgIpc) is 3.57. The molecule has 0 saturated carbocycles. The summed E-state index contributed by atoms with van der Waals surface area (Å²) in [4.78, 5) is 18.7. The summed E-state index contributed by atoms with van der Waals surface area (Å²) < 4.78 is 0. The maximum absolute atomic E-state index is 13.8. The van der Waals surface area contributed by atoms with Crippen molar-refractivity contribution < 1.29 is 9.90 Å². The molecule has 1 amide bonds. The lowest BCUT2D eigenvalue weighted by molar-refractivity contribution is -0.128. The number of rotatable bonds is 4. The Labute approximate surface area is 208 Å². The minimum atomic E-state index is -0.366. The van der Waals surface area contributed by atoms with Gasteiger partial charge in [0, 0.05) is 41.7 Å². The number of aromatic nitrogens is 1. The zero-order chi connectivity index (χ0) is 23.8. The molecule has 2 unspecified atom stereocenters. The van der Waals surface area contributed by atoms with Crippen molar-refractivity contribution in [3.8, 4) is 5.75 Å². The summed E-state index contributed by atoms with van der Waals surface area (Å²) in [6.45, 7) is 1.93. The summed E-state index contributed by atoms with van der Waals surface area (Å²) in [5.74, 6) is 0.0517. The molecule has 2 atom stereocenters. The Bertz CT molecular complexity index is 1340. The number of hydrazone groups is 1. The minimum Gasteiger partial charge on any atom is -0.508 e. The van der Waals surface area contributed by atoms with E-state index in [4.69, 9.17) is 5.10 Å². The first-order valence-electron chi connectivity index (χ1n) is 12.0. The van der Waals surface area contributed by atoms with Gasteiger partial charge in [0.15, 0.2) is 0 Å². The lowest BCUT2D eigenvalue weighted by Crippen LogP contribution is -2.27. The maximum atomic E-state index is 13.8. The lowest BCUT2D eigenvalue weighted by atomic mass is 9.97. The summed E-state index contributed by atoms with van der Waals surface area (Å²) in [7, 11) is 0. The molecular formula is C28H26N4O2S. The van der Waals surface area contributed by atoms with Crippen LogP contribution in [0.5, 0.6) is 5.75 Å². The van der Waals surface area contributed by atoms with Crippen molar-refractivity contribution >= 4 is 23.4 Å². The number of hydrogen-bond donors (Lipinski definition) is 2. The topological polar surface area (TPSA) is 77.8 Å². The van der Waals surface area contributed by atoms with Crippen LogP contribution in [0.3, 0.4) is 0 Å².